The zero-order valence-electron chi connectivity index (χ0n) is 18.2. The van der Waals surface area contributed by atoms with E-state index in [0.717, 1.165) is 28.0 Å². The molecule has 0 aliphatic rings. The zero-order chi connectivity index (χ0) is 22.4. The largest absolute Gasteiger partial charge is 0.471 e. The van der Waals surface area contributed by atoms with Gasteiger partial charge >= 0.3 is 6.09 Å². The fourth-order valence-corrected chi connectivity index (χ4v) is 3.20. The lowest BCUT2D eigenvalue weighted by molar-refractivity contribution is -0.108. The van der Waals surface area contributed by atoms with Crippen molar-refractivity contribution in [2.45, 2.75) is 13.5 Å². The van der Waals surface area contributed by atoms with E-state index in [4.69, 9.17) is 9.47 Å². The number of fused-ring (bicyclic) bond motifs is 1. The quantitative estimate of drug-likeness (QED) is 0.487. The van der Waals surface area contributed by atoms with E-state index in [9.17, 15) is 9.59 Å². The number of hydrogen-bond acceptors (Lipinski definition) is 7. The number of anilines is 1. The van der Waals surface area contributed by atoms with Crippen LogP contribution < -0.4 is 9.64 Å². The third-order valence-electron chi connectivity index (χ3n) is 4.96. The van der Waals surface area contributed by atoms with E-state index < -0.39 is 6.09 Å². The number of aromatic nitrogens is 3. The van der Waals surface area contributed by atoms with Crippen LogP contribution in [0.25, 0.3) is 11.0 Å². The van der Waals surface area contributed by atoms with Crippen molar-refractivity contribution in [1.29, 1.82) is 0 Å². The number of amides is 1. The molecule has 9 nitrogen and oxygen atoms in total. The highest BCUT2D eigenvalue weighted by molar-refractivity contribution is 5.91. The smallest absolute Gasteiger partial charge is 0.409 e. The number of pyridine rings is 2. The standard InChI is InChI=1S/C22H27N5O4/c1-16-5-6-17(23-13-16)15-31-20-8-7-18-19(14-26(3)21(18)24-20)25(2)9-10-27(11-12-28)22(29)30-4/h5-8,12-14H,9-11,15H2,1-4H3. The summed E-state index contributed by atoms with van der Waals surface area (Å²) in [6.45, 7) is 3.21. The molecule has 0 spiro atoms. The highest BCUT2D eigenvalue weighted by atomic mass is 16.5. The van der Waals surface area contributed by atoms with Gasteiger partial charge in [-0.15, -0.1) is 0 Å². The number of rotatable bonds is 9. The Bertz CT molecular complexity index is 1050. The Kier molecular flexibility index (Phi) is 7.07. The number of carbonyl (C=O) groups excluding carboxylic acids is 2. The molecule has 0 atom stereocenters. The maximum atomic E-state index is 11.8. The van der Waals surface area contributed by atoms with Gasteiger partial charge in [-0.05, 0) is 24.6 Å². The molecule has 3 heterocycles. The number of nitrogens with zero attached hydrogens (tertiary/aromatic N) is 5. The summed E-state index contributed by atoms with van der Waals surface area (Å²) in [6.07, 6.45) is 3.95. The Morgan fingerprint density at radius 2 is 2.03 bits per heavy atom. The first-order valence-corrected chi connectivity index (χ1v) is 9.91. The highest BCUT2D eigenvalue weighted by Gasteiger charge is 2.17. The topological polar surface area (TPSA) is 89.8 Å². The summed E-state index contributed by atoms with van der Waals surface area (Å²) in [6, 6.07) is 7.74. The van der Waals surface area contributed by atoms with Gasteiger partial charge in [0.15, 0.2) is 0 Å². The van der Waals surface area contributed by atoms with Gasteiger partial charge in [0.1, 0.15) is 18.5 Å². The second kappa shape index (κ2) is 9.92. The average Bonchev–Trinajstić information content (AvgIpc) is 3.11. The molecule has 3 aromatic rings. The summed E-state index contributed by atoms with van der Waals surface area (Å²) < 4.78 is 12.5. The predicted molar refractivity (Wildman–Crippen MR) is 117 cm³/mol. The molecule has 0 aliphatic heterocycles. The van der Waals surface area contributed by atoms with Gasteiger partial charge in [-0.3, -0.25) is 9.88 Å². The molecule has 0 saturated carbocycles. The lowest BCUT2D eigenvalue weighted by Crippen LogP contribution is -2.38. The Morgan fingerprint density at radius 3 is 2.71 bits per heavy atom. The normalized spacial score (nSPS) is 10.7. The number of hydrogen-bond donors (Lipinski definition) is 0. The van der Waals surface area contributed by atoms with Crippen LogP contribution in [0.2, 0.25) is 0 Å². The Morgan fingerprint density at radius 1 is 1.23 bits per heavy atom. The molecule has 0 aromatic carbocycles. The Labute approximate surface area is 181 Å². The van der Waals surface area contributed by atoms with Gasteiger partial charge < -0.3 is 23.7 Å². The van der Waals surface area contributed by atoms with E-state index in [1.807, 2.05) is 67.1 Å². The fraction of sp³-hybridized carbons (Fsp3) is 0.364. The average molecular weight is 425 g/mol. The monoisotopic (exact) mass is 425 g/mol. The van der Waals surface area contributed by atoms with Gasteiger partial charge in [0.2, 0.25) is 5.88 Å². The minimum Gasteiger partial charge on any atom is -0.471 e. The molecule has 9 heteroatoms. The van der Waals surface area contributed by atoms with Crippen LogP contribution in [0.1, 0.15) is 11.3 Å². The number of carbonyl (C=O) groups is 2. The van der Waals surface area contributed by atoms with Crippen molar-refractivity contribution >= 4 is 29.1 Å². The van der Waals surface area contributed by atoms with Crippen LogP contribution >= 0.6 is 0 Å². The first-order valence-electron chi connectivity index (χ1n) is 9.91. The molecule has 164 valence electrons. The Hall–Kier alpha value is -3.62. The number of ether oxygens (including phenoxy) is 2. The lowest BCUT2D eigenvalue weighted by Gasteiger charge is -2.24. The van der Waals surface area contributed by atoms with Crippen molar-refractivity contribution in [3.05, 3.63) is 47.9 Å². The molecule has 1 amide bonds. The minimum absolute atomic E-state index is 0.00581. The van der Waals surface area contributed by atoms with Crippen LogP contribution in [0.3, 0.4) is 0 Å². The maximum absolute atomic E-state index is 11.8. The molecular weight excluding hydrogens is 398 g/mol. The zero-order valence-corrected chi connectivity index (χ0v) is 18.2. The number of aryl methyl sites for hydroxylation is 2. The van der Waals surface area contributed by atoms with Crippen LogP contribution in [0, 0.1) is 6.92 Å². The van der Waals surface area contributed by atoms with Gasteiger partial charge in [0.25, 0.3) is 0 Å². The molecule has 0 aliphatic carbocycles. The van der Waals surface area contributed by atoms with E-state index >= 15 is 0 Å². The molecule has 0 fully saturated rings. The van der Waals surface area contributed by atoms with Gasteiger partial charge in [-0.2, -0.15) is 4.98 Å². The van der Waals surface area contributed by atoms with Crippen LogP contribution in [-0.2, 0) is 23.2 Å². The summed E-state index contributed by atoms with van der Waals surface area (Å²) in [5.41, 5.74) is 3.69. The molecule has 0 bridgehead atoms. The summed E-state index contributed by atoms with van der Waals surface area (Å²) >= 11 is 0. The lowest BCUT2D eigenvalue weighted by atomic mass is 10.3. The third-order valence-corrected chi connectivity index (χ3v) is 4.96. The number of likely N-dealkylation sites (N-methyl/N-ethyl adjacent to an activating group) is 1. The fourth-order valence-electron chi connectivity index (χ4n) is 3.20. The number of methoxy groups -OCH3 is 1. The number of aldehydes is 1. The highest BCUT2D eigenvalue weighted by Crippen LogP contribution is 2.28. The SMILES string of the molecule is COC(=O)N(CC=O)CCN(C)c1cn(C)c2nc(OCc3ccc(C)cn3)ccc12. The summed E-state index contributed by atoms with van der Waals surface area (Å²) in [5.74, 6) is 0.521. The minimum atomic E-state index is -0.523. The van der Waals surface area contributed by atoms with Gasteiger partial charge in [-0.25, -0.2) is 4.79 Å². The van der Waals surface area contributed by atoms with Crippen molar-refractivity contribution < 1.29 is 19.1 Å². The van der Waals surface area contributed by atoms with Crippen molar-refractivity contribution in [2.24, 2.45) is 7.05 Å². The molecule has 3 rings (SSSR count). The van der Waals surface area contributed by atoms with Gasteiger partial charge in [0, 0.05) is 51.0 Å². The molecule has 0 N–H and O–H groups in total. The van der Waals surface area contributed by atoms with E-state index in [1.165, 1.54) is 12.0 Å². The van der Waals surface area contributed by atoms with Crippen molar-refractivity contribution in [3.8, 4) is 5.88 Å². The third kappa shape index (κ3) is 5.30. The maximum Gasteiger partial charge on any atom is 0.409 e. The van der Waals surface area contributed by atoms with Crippen LogP contribution in [0.15, 0.2) is 36.7 Å². The molecule has 31 heavy (non-hydrogen) atoms. The molecule has 0 unspecified atom stereocenters. The second-order valence-electron chi connectivity index (χ2n) is 7.27. The van der Waals surface area contributed by atoms with E-state index in [-0.39, 0.29) is 6.54 Å². The van der Waals surface area contributed by atoms with Crippen molar-refractivity contribution in [1.82, 2.24) is 19.4 Å². The molecule has 3 aromatic heterocycles. The van der Waals surface area contributed by atoms with E-state index in [2.05, 4.69) is 9.97 Å². The Balaban J connectivity index is 1.71. The van der Waals surface area contributed by atoms with E-state index in [0.29, 0.717) is 31.9 Å². The first-order chi connectivity index (χ1) is 14.9. The van der Waals surface area contributed by atoms with Gasteiger partial charge in [0.05, 0.1) is 25.0 Å². The van der Waals surface area contributed by atoms with Gasteiger partial charge in [-0.1, -0.05) is 6.07 Å². The molecule has 0 radical (unpaired) electrons. The molecular formula is C22H27N5O4. The van der Waals surface area contributed by atoms with Crippen LogP contribution in [0.4, 0.5) is 10.5 Å². The summed E-state index contributed by atoms with van der Waals surface area (Å²) in [4.78, 5) is 35.0. The predicted octanol–water partition coefficient (Wildman–Crippen LogP) is 2.56. The van der Waals surface area contributed by atoms with Crippen LogP contribution in [0.5, 0.6) is 5.88 Å². The first kappa shape index (κ1) is 22.1. The van der Waals surface area contributed by atoms with Crippen molar-refractivity contribution in [2.75, 3.05) is 38.7 Å². The van der Waals surface area contributed by atoms with E-state index in [1.54, 1.807) is 0 Å². The summed E-state index contributed by atoms with van der Waals surface area (Å²) in [7, 11) is 5.15. The second-order valence-corrected chi connectivity index (χ2v) is 7.27. The van der Waals surface area contributed by atoms with Crippen LogP contribution in [-0.4, -0.2) is 65.6 Å². The summed E-state index contributed by atoms with van der Waals surface area (Å²) in [5, 5.41) is 0.964. The molecule has 0 saturated heterocycles. The van der Waals surface area contributed by atoms with Crippen molar-refractivity contribution in [3.63, 3.8) is 0 Å².